The first-order valence-electron chi connectivity index (χ1n) is 8.57. The Balaban J connectivity index is 1.67. The second-order valence-electron chi connectivity index (χ2n) is 6.22. The third kappa shape index (κ3) is 4.43. The largest absolute Gasteiger partial charge is 0.484 e. The molecule has 3 rings (SSSR count). The van der Waals surface area contributed by atoms with Crippen molar-refractivity contribution in [1.29, 1.82) is 0 Å². The molecule has 27 heavy (non-hydrogen) atoms. The molecule has 0 unspecified atom stereocenters. The highest BCUT2D eigenvalue weighted by Crippen LogP contribution is 2.37. The number of rotatable bonds is 6. The van der Waals surface area contributed by atoms with Gasteiger partial charge >= 0.3 is 0 Å². The average Bonchev–Trinajstić information content (AvgIpc) is 2.81. The maximum absolute atomic E-state index is 12.2. The van der Waals surface area contributed by atoms with E-state index in [0.29, 0.717) is 16.3 Å². The zero-order valence-electron chi connectivity index (χ0n) is 14.5. The summed E-state index contributed by atoms with van der Waals surface area (Å²) < 4.78 is 5.35. The highest BCUT2D eigenvalue weighted by atomic mass is 32.1. The SMILES string of the molecule is NC(=O)c1c(NC(=O)COc2ccc([N+](=O)[O-])cc2)sc2c1CCCCC2. The lowest BCUT2D eigenvalue weighted by atomic mass is 10.1. The van der Waals surface area contributed by atoms with Crippen molar-refractivity contribution in [2.24, 2.45) is 5.73 Å². The van der Waals surface area contributed by atoms with E-state index in [2.05, 4.69) is 5.32 Å². The first-order chi connectivity index (χ1) is 13.0. The Morgan fingerprint density at radius 3 is 2.56 bits per heavy atom. The van der Waals surface area contributed by atoms with Gasteiger partial charge in [0.1, 0.15) is 10.8 Å². The maximum atomic E-state index is 12.2. The summed E-state index contributed by atoms with van der Waals surface area (Å²) in [5.41, 5.74) is 6.84. The zero-order valence-corrected chi connectivity index (χ0v) is 15.3. The van der Waals surface area contributed by atoms with Crippen molar-refractivity contribution in [3.05, 3.63) is 50.4 Å². The third-order valence-electron chi connectivity index (χ3n) is 4.34. The number of primary amides is 1. The number of thiophene rings is 1. The normalized spacial score (nSPS) is 13.3. The molecule has 8 nitrogen and oxygen atoms in total. The number of amides is 2. The molecule has 0 aliphatic heterocycles. The second kappa shape index (κ2) is 8.17. The molecule has 3 N–H and O–H groups in total. The Labute approximate surface area is 159 Å². The van der Waals surface area contributed by atoms with Crippen LogP contribution in [0.15, 0.2) is 24.3 Å². The summed E-state index contributed by atoms with van der Waals surface area (Å²) in [4.78, 5) is 35.4. The van der Waals surface area contributed by atoms with Crippen LogP contribution < -0.4 is 15.8 Å². The van der Waals surface area contributed by atoms with Crippen molar-refractivity contribution in [3.8, 4) is 5.75 Å². The number of nitrogens with zero attached hydrogens (tertiary/aromatic N) is 1. The lowest BCUT2D eigenvalue weighted by Crippen LogP contribution is -2.22. The summed E-state index contributed by atoms with van der Waals surface area (Å²) in [6.07, 6.45) is 4.85. The van der Waals surface area contributed by atoms with E-state index in [4.69, 9.17) is 10.5 Å². The van der Waals surface area contributed by atoms with Gasteiger partial charge in [-0.05, 0) is 43.4 Å². The number of benzene rings is 1. The number of fused-ring (bicyclic) bond motifs is 1. The number of hydrogen-bond acceptors (Lipinski definition) is 6. The molecule has 142 valence electrons. The second-order valence-corrected chi connectivity index (χ2v) is 7.33. The standard InChI is InChI=1S/C18H19N3O5S/c19-17(23)16-13-4-2-1-3-5-14(13)27-18(16)20-15(22)10-26-12-8-6-11(7-9-12)21(24)25/h6-9H,1-5,10H2,(H2,19,23)(H,20,22). The van der Waals surface area contributed by atoms with E-state index in [1.165, 1.54) is 35.6 Å². The van der Waals surface area contributed by atoms with Gasteiger partial charge in [0.05, 0.1) is 10.5 Å². The van der Waals surface area contributed by atoms with Crippen LogP contribution in [0.1, 0.15) is 40.1 Å². The number of anilines is 1. The van der Waals surface area contributed by atoms with Crippen LogP contribution >= 0.6 is 11.3 Å². The number of nitro groups is 1. The highest BCUT2D eigenvalue weighted by molar-refractivity contribution is 7.17. The Hall–Kier alpha value is -2.94. The fraction of sp³-hybridized carbons (Fsp3) is 0.333. The molecule has 2 amide bonds. The van der Waals surface area contributed by atoms with Gasteiger partial charge in [-0.1, -0.05) is 6.42 Å². The van der Waals surface area contributed by atoms with Gasteiger partial charge in [-0.3, -0.25) is 19.7 Å². The quantitative estimate of drug-likeness (QED) is 0.446. The lowest BCUT2D eigenvalue weighted by Gasteiger charge is -2.08. The predicted octanol–water partition coefficient (Wildman–Crippen LogP) is 3.04. The van der Waals surface area contributed by atoms with Gasteiger partial charge in [0.2, 0.25) is 0 Å². The molecule has 2 aromatic rings. The first-order valence-corrected chi connectivity index (χ1v) is 9.39. The van der Waals surface area contributed by atoms with Gasteiger partial charge < -0.3 is 15.8 Å². The molecule has 0 fully saturated rings. The summed E-state index contributed by atoms with van der Waals surface area (Å²) in [7, 11) is 0. The number of nitrogens with two attached hydrogens (primary N) is 1. The molecule has 9 heteroatoms. The van der Waals surface area contributed by atoms with Crippen LogP contribution in [0.3, 0.4) is 0 Å². The molecule has 1 aliphatic carbocycles. The minimum atomic E-state index is -0.541. The van der Waals surface area contributed by atoms with Crippen LogP contribution in [0, 0.1) is 10.1 Å². The number of non-ortho nitro benzene ring substituents is 1. The van der Waals surface area contributed by atoms with Gasteiger partial charge in [-0.15, -0.1) is 11.3 Å². The highest BCUT2D eigenvalue weighted by Gasteiger charge is 2.24. The Bertz CT molecular complexity index is 876. The molecule has 0 radical (unpaired) electrons. The molecule has 1 aromatic heterocycles. The summed E-state index contributed by atoms with van der Waals surface area (Å²) in [5.74, 6) is -0.624. The number of ether oxygens (including phenoxy) is 1. The van der Waals surface area contributed by atoms with Crippen molar-refractivity contribution in [2.75, 3.05) is 11.9 Å². The van der Waals surface area contributed by atoms with E-state index in [1.807, 2.05) is 0 Å². The molecule has 0 spiro atoms. The fourth-order valence-corrected chi connectivity index (χ4v) is 4.38. The summed E-state index contributed by atoms with van der Waals surface area (Å²) >= 11 is 1.40. The van der Waals surface area contributed by atoms with Gasteiger partial charge in [-0.25, -0.2) is 0 Å². The predicted molar refractivity (Wildman–Crippen MR) is 101 cm³/mol. The van der Waals surface area contributed by atoms with Crippen LogP contribution in [0.25, 0.3) is 0 Å². The van der Waals surface area contributed by atoms with Crippen LogP contribution in [0.2, 0.25) is 0 Å². The summed E-state index contributed by atoms with van der Waals surface area (Å²) in [5, 5.41) is 13.8. The maximum Gasteiger partial charge on any atom is 0.269 e. The fourth-order valence-electron chi connectivity index (χ4n) is 3.07. The molecule has 0 saturated carbocycles. The zero-order chi connectivity index (χ0) is 19.4. The minimum Gasteiger partial charge on any atom is -0.484 e. The Morgan fingerprint density at radius 1 is 1.19 bits per heavy atom. The van der Waals surface area contributed by atoms with Crippen LogP contribution in [0.4, 0.5) is 10.7 Å². The van der Waals surface area contributed by atoms with E-state index in [1.54, 1.807) is 0 Å². The number of nitrogens with one attached hydrogen (secondary N) is 1. The van der Waals surface area contributed by atoms with E-state index in [9.17, 15) is 19.7 Å². The Morgan fingerprint density at radius 2 is 1.89 bits per heavy atom. The third-order valence-corrected chi connectivity index (χ3v) is 5.55. The monoisotopic (exact) mass is 389 g/mol. The van der Waals surface area contributed by atoms with Gasteiger partial charge in [0, 0.05) is 17.0 Å². The molecular weight excluding hydrogens is 370 g/mol. The number of nitro benzene ring substituents is 1. The van der Waals surface area contributed by atoms with Crippen molar-refractivity contribution in [2.45, 2.75) is 32.1 Å². The molecule has 1 heterocycles. The number of hydrogen-bond donors (Lipinski definition) is 2. The van der Waals surface area contributed by atoms with Crippen molar-refractivity contribution >= 4 is 33.8 Å². The summed E-state index contributed by atoms with van der Waals surface area (Å²) in [6.45, 7) is -0.279. The van der Waals surface area contributed by atoms with E-state index in [0.717, 1.165) is 42.5 Å². The van der Waals surface area contributed by atoms with E-state index < -0.39 is 16.7 Å². The number of aryl methyl sites for hydroxylation is 1. The van der Waals surface area contributed by atoms with Crippen molar-refractivity contribution in [3.63, 3.8) is 0 Å². The topological polar surface area (TPSA) is 125 Å². The van der Waals surface area contributed by atoms with Crippen LogP contribution in [0.5, 0.6) is 5.75 Å². The van der Waals surface area contributed by atoms with Gasteiger partial charge in [-0.2, -0.15) is 0 Å². The number of carbonyl (C=O) groups excluding carboxylic acids is 2. The van der Waals surface area contributed by atoms with E-state index >= 15 is 0 Å². The molecular formula is C18H19N3O5S. The van der Waals surface area contributed by atoms with Crippen molar-refractivity contribution < 1.29 is 19.2 Å². The minimum absolute atomic E-state index is 0.0574. The molecule has 0 bridgehead atoms. The molecule has 1 aromatic carbocycles. The lowest BCUT2D eigenvalue weighted by molar-refractivity contribution is -0.384. The smallest absolute Gasteiger partial charge is 0.269 e. The summed E-state index contributed by atoms with van der Waals surface area (Å²) in [6, 6.07) is 5.45. The molecule has 0 saturated heterocycles. The van der Waals surface area contributed by atoms with Crippen LogP contribution in [-0.2, 0) is 17.6 Å². The number of carbonyl (C=O) groups is 2. The van der Waals surface area contributed by atoms with E-state index in [-0.39, 0.29) is 12.3 Å². The molecule has 1 aliphatic rings. The first kappa shape index (κ1) is 18.8. The molecule has 0 atom stereocenters. The average molecular weight is 389 g/mol. The Kier molecular flexibility index (Phi) is 5.70. The van der Waals surface area contributed by atoms with Gasteiger partial charge in [0.15, 0.2) is 6.61 Å². The van der Waals surface area contributed by atoms with Gasteiger partial charge in [0.25, 0.3) is 17.5 Å². The van der Waals surface area contributed by atoms with Crippen molar-refractivity contribution in [1.82, 2.24) is 0 Å². The van der Waals surface area contributed by atoms with Crippen LogP contribution in [-0.4, -0.2) is 23.3 Å².